The summed E-state index contributed by atoms with van der Waals surface area (Å²) in [4.78, 5) is 10.9. The highest BCUT2D eigenvalue weighted by molar-refractivity contribution is 5.91. The lowest BCUT2D eigenvalue weighted by molar-refractivity contribution is -0.114. The highest BCUT2D eigenvalue weighted by Crippen LogP contribution is 2.18. The summed E-state index contributed by atoms with van der Waals surface area (Å²) in [6, 6.07) is 19.1. The standard InChI is InChI=1S/C17H14N2O/c1-13(20)19-17-9-7-14(8-10-17)11-16(12-18)15-5-3-2-4-6-15/h2-11H,1H3,(H,19,20). The first-order valence-electron chi connectivity index (χ1n) is 6.24. The number of nitrogens with zero attached hydrogens (tertiary/aromatic N) is 1. The van der Waals surface area contributed by atoms with Gasteiger partial charge in [0.2, 0.25) is 5.91 Å². The monoisotopic (exact) mass is 262 g/mol. The third-order valence-electron chi connectivity index (χ3n) is 2.75. The molecule has 20 heavy (non-hydrogen) atoms. The van der Waals surface area contributed by atoms with Gasteiger partial charge in [-0.25, -0.2) is 0 Å². The van der Waals surface area contributed by atoms with Crippen LogP contribution in [0.5, 0.6) is 0 Å². The van der Waals surface area contributed by atoms with Crippen LogP contribution in [0.1, 0.15) is 18.1 Å². The molecule has 1 amide bonds. The Kier molecular flexibility index (Phi) is 4.31. The Bertz CT molecular complexity index is 664. The molecule has 0 unspecified atom stereocenters. The average molecular weight is 262 g/mol. The maximum Gasteiger partial charge on any atom is 0.221 e. The fraction of sp³-hybridized carbons (Fsp3) is 0.0588. The molecule has 0 spiro atoms. The van der Waals surface area contributed by atoms with Crippen LogP contribution < -0.4 is 5.32 Å². The Balaban J connectivity index is 2.25. The van der Waals surface area contributed by atoms with Crippen LogP contribution in [0.15, 0.2) is 54.6 Å². The molecule has 0 bridgehead atoms. The fourth-order valence-electron chi connectivity index (χ4n) is 1.83. The number of anilines is 1. The summed E-state index contributed by atoms with van der Waals surface area (Å²) in [6.07, 6.45) is 1.83. The van der Waals surface area contributed by atoms with E-state index in [4.69, 9.17) is 0 Å². The van der Waals surface area contributed by atoms with E-state index in [1.165, 1.54) is 6.92 Å². The average Bonchev–Trinajstić information content (AvgIpc) is 2.47. The summed E-state index contributed by atoms with van der Waals surface area (Å²) in [7, 11) is 0. The van der Waals surface area contributed by atoms with Crippen molar-refractivity contribution in [2.45, 2.75) is 6.92 Å². The zero-order valence-electron chi connectivity index (χ0n) is 11.1. The first kappa shape index (κ1) is 13.6. The number of carbonyl (C=O) groups is 1. The predicted octanol–water partition coefficient (Wildman–Crippen LogP) is 3.71. The molecule has 0 aliphatic carbocycles. The minimum absolute atomic E-state index is 0.102. The van der Waals surface area contributed by atoms with Gasteiger partial charge >= 0.3 is 0 Å². The quantitative estimate of drug-likeness (QED) is 0.677. The molecule has 1 N–H and O–H groups in total. The number of hydrogen-bond acceptors (Lipinski definition) is 2. The molecule has 2 rings (SSSR count). The smallest absolute Gasteiger partial charge is 0.221 e. The van der Waals surface area contributed by atoms with Gasteiger partial charge in [-0.2, -0.15) is 5.26 Å². The maximum atomic E-state index is 10.9. The van der Waals surface area contributed by atoms with Gasteiger partial charge in [0, 0.05) is 12.6 Å². The van der Waals surface area contributed by atoms with Crippen LogP contribution in [0.3, 0.4) is 0 Å². The van der Waals surface area contributed by atoms with E-state index in [-0.39, 0.29) is 5.91 Å². The summed E-state index contributed by atoms with van der Waals surface area (Å²) in [5.41, 5.74) is 3.16. The summed E-state index contributed by atoms with van der Waals surface area (Å²) in [5.74, 6) is -0.102. The van der Waals surface area contributed by atoms with Crippen LogP contribution in [0.2, 0.25) is 0 Å². The highest BCUT2D eigenvalue weighted by atomic mass is 16.1. The predicted molar refractivity (Wildman–Crippen MR) is 80.7 cm³/mol. The van der Waals surface area contributed by atoms with Crippen molar-refractivity contribution in [2.24, 2.45) is 0 Å². The van der Waals surface area contributed by atoms with Crippen molar-refractivity contribution in [2.75, 3.05) is 5.32 Å². The lowest BCUT2D eigenvalue weighted by Crippen LogP contribution is -2.05. The normalized spacial score (nSPS) is 10.7. The fourth-order valence-corrected chi connectivity index (χ4v) is 1.83. The topological polar surface area (TPSA) is 52.9 Å². The van der Waals surface area contributed by atoms with E-state index in [1.54, 1.807) is 0 Å². The van der Waals surface area contributed by atoms with E-state index in [0.29, 0.717) is 5.57 Å². The number of allylic oxidation sites excluding steroid dienone is 1. The van der Waals surface area contributed by atoms with Gasteiger partial charge in [0.25, 0.3) is 0 Å². The number of rotatable bonds is 3. The molecule has 98 valence electrons. The molecule has 0 heterocycles. The molecule has 0 atom stereocenters. The van der Waals surface area contributed by atoms with Gasteiger partial charge in [-0.15, -0.1) is 0 Å². The second-order valence-electron chi connectivity index (χ2n) is 4.34. The Morgan fingerprint density at radius 2 is 1.75 bits per heavy atom. The molecule has 0 radical (unpaired) electrons. The van der Waals surface area contributed by atoms with Crippen molar-refractivity contribution in [3.63, 3.8) is 0 Å². The zero-order valence-corrected chi connectivity index (χ0v) is 11.1. The van der Waals surface area contributed by atoms with E-state index < -0.39 is 0 Å². The van der Waals surface area contributed by atoms with Crippen molar-refractivity contribution in [3.8, 4) is 6.07 Å². The lowest BCUT2D eigenvalue weighted by Gasteiger charge is -2.03. The maximum absolute atomic E-state index is 10.9. The molecule has 0 fully saturated rings. The second kappa shape index (κ2) is 6.35. The summed E-state index contributed by atoms with van der Waals surface area (Å²) in [5, 5.41) is 11.9. The number of hydrogen-bond donors (Lipinski definition) is 1. The van der Waals surface area contributed by atoms with Crippen molar-refractivity contribution in [3.05, 3.63) is 65.7 Å². The minimum atomic E-state index is -0.102. The molecule has 2 aromatic carbocycles. The SMILES string of the molecule is CC(=O)Nc1ccc(C=C(C#N)c2ccccc2)cc1. The summed E-state index contributed by atoms with van der Waals surface area (Å²) in [6.45, 7) is 1.47. The Labute approximate surface area is 118 Å². The van der Waals surface area contributed by atoms with Gasteiger partial charge in [0.05, 0.1) is 11.6 Å². The van der Waals surface area contributed by atoms with Crippen molar-refractivity contribution < 1.29 is 4.79 Å². The number of amides is 1. The van der Waals surface area contributed by atoms with E-state index in [9.17, 15) is 10.1 Å². The lowest BCUT2D eigenvalue weighted by atomic mass is 10.0. The highest BCUT2D eigenvalue weighted by Gasteiger charge is 2.00. The van der Waals surface area contributed by atoms with Gasteiger partial charge in [-0.1, -0.05) is 42.5 Å². The Morgan fingerprint density at radius 1 is 1.10 bits per heavy atom. The number of benzene rings is 2. The van der Waals surface area contributed by atoms with Gasteiger partial charge in [0.1, 0.15) is 0 Å². The minimum Gasteiger partial charge on any atom is -0.326 e. The third kappa shape index (κ3) is 3.56. The second-order valence-corrected chi connectivity index (χ2v) is 4.34. The van der Waals surface area contributed by atoms with Gasteiger partial charge < -0.3 is 5.32 Å². The molecule has 2 aromatic rings. The molecule has 3 nitrogen and oxygen atoms in total. The van der Waals surface area contributed by atoms with Crippen LogP contribution in [0.25, 0.3) is 11.6 Å². The summed E-state index contributed by atoms with van der Waals surface area (Å²) < 4.78 is 0. The molecular weight excluding hydrogens is 248 g/mol. The van der Waals surface area contributed by atoms with Crippen LogP contribution in [-0.2, 0) is 4.79 Å². The summed E-state index contributed by atoms with van der Waals surface area (Å²) >= 11 is 0. The van der Waals surface area contributed by atoms with E-state index in [1.807, 2.05) is 60.7 Å². The molecule has 0 aromatic heterocycles. The third-order valence-corrected chi connectivity index (χ3v) is 2.75. The van der Waals surface area contributed by atoms with Gasteiger partial charge in [-0.3, -0.25) is 4.79 Å². The number of carbonyl (C=O) groups excluding carboxylic acids is 1. The largest absolute Gasteiger partial charge is 0.326 e. The van der Waals surface area contributed by atoms with Crippen LogP contribution in [0, 0.1) is 11.3 Å². The molecule has 0 saturated heterocycles. The van der Waals surface area contributed by atoms with E-state index in [2.05, 4.69) is 11.4 Å². The number of nitrogens with one attached hydrogen (secondary N) is 1. The number of nitriles is 1. The Hall–Kier alpha value is -2.86. The van der Waals surface area contributed by atoms with Crippen LogP contribution in [-0.4, -0.2) is 5.91 Å². The molecule has 0 saturated carbocycles. The van der Waals surface area contributed by atoms with Crippen LogP contribution in [0.4, 0.5) is 5.69 Å². The van der Waals surface area contributed by atoms with Gasteiger partial charge in [-0.05, 0) is 29.3 Å². The van der Waals surface area contributed by atoms with E-state index >= 15 is 0 Å². The zero-order chi connectivity index (χ0) is 14.4. The Morgan fingerprint density at radius 3 is 2.30 bits per heavy atom. The molecular formula is C17H14N2O. The molecule has 0 aliphatic rings. The van der Waals surface area contributed by atoms with Gasteiger partial charge in [0.15, 0.2) is 0 Å². The first-order chi connectivity index (χ1) is 9.69. The van der Waals surface area contributed by atoms with Crippen molar-refractivity contribution in [1.82, 2.24) is 0 Å². The molecule has 0 aliphatic heterocycles. The van der Waals surface area contributed by atoms with Crippen LogP contribution >= 0.6 is 0 Å². The van der Waals surface area contributed by atoms with E-state index in [0.717, 1.165) is 16.8 Å². The first-order valence-corrected chi connectivity index (χ1v) is 6.24. The molecule has 3 heteroatoms. The van der Waals surface area contributed by atoms with Crippen molar-refractivity contribution in [1.29, 1.82) is 5.26 Å². The van der Waals surface area contributed by atoms with Crippen molar-refractivity contribution >= 4 is 23.2 Å².